The first-order valence-corrected chi connectivity index (χ1v) is 9.60. The normalized spacial score (nSPS) is 11.7. The Bertz CT molecular complexity index is 1350. The summed E-state index contributed by atoms with van der Waals surface area (Å²) in [5, 5.41) is 1.43. The van der Waals surface area contributed by atoms with Gasteiger partial charge in [0.2, 0.25) is 0 Å². The van der Waals surface area contributed by atoms with Crippen LogP contribution in [-0.4, -0.2) is 24.2 Å². The number of benzene rings is 2. The minimum absolute atomic E-state index is 0.0563. The Balaban J connectivity index is 1.75. The summed E-state index contributed by atoms with van der Waals surface area (Å²) < 4.78 is 27.8. The van der Waals surface area contributed by atoms with Crippen LogP contribution in [0.1, 0.15) is 17.3 Å². The molecule has 4 aromatic rings. The number of ketones is 1. The molecule has 0 aliphatic rings. The quantitative estimate of drug-likeness (QED) is 0.472. The number of anilines is 1. The van der Waals surface area contributed by atoms with E-state index in [4.69, 9.17) is 0 Å². The van der Waals surface area contributed by atoms with Crippen LogP contribution >= 0.6 is 0 Å². The standard InChI is InChI=1S/C19H15N3O4S/c1-11(23)12-2-5-14(6-3-12)27(25,26)22-13-4-7-17-16(10-13)15-8-9-20-18(15)19(24)21-17/h2-10,20,22H,1H3,(H,21,24). The van der Waals surface area contributed by atoms with Crippen LogP contribution in [0, 0.1) is 0 Å². The van der Waals surface area contributed by atoms with Crippen molar-refractivity contribution in [2.75, 3.05) is 4.72 Å². The second-order valence-corrected chi connectivity index (χ2v) is 7.85. The second kappa shape index (κ2) is 6.10. The summed E-state index contributed by atoms with van der Waals surface area (Å²) in [6.45, 7) is 1.42. The molecule has 0 saturated carbocycles. The molecule has 4 rings (SSSR count). The van der Waals surface area contributed by atoms with Gasteiger partial charge in [0.25, 0.3) is 15.6 Å². The van der Waals surface area contributed by atoms with E-state index in [-0.39, 0.29) is 16.2 Å². The summed E-state index contributed by atoms with van der Waals surface area (Å²) in [6.07, 6.45) is 1.66. The van der Waals surface area contributed by atoms with Crippen LogP contribution in [0.15, 0.2) is 64.4 Å². The van der Waals surface area contributed by atoms with E-state index in [1.165, 1.54) is 31.2 Å². The van der Waals surface area contributed by atoms with Gasteiger partial charge < -0.3 is 9.97 Å². The predicted molar refractivity (Wildman–Crippen MR) is 104 cm³/mol. The Morgan fingerprint density at radius 1 is 1.00 bits per heavy atom. The fraction of sp³-hybridized carbons (Fsp3) is 0.0526. The molecule has 27 heavy (non-hydrogen) atoms. The highest BCUT2D eigenvalue weighted by Gasteiger charge is 2.15. The number of H-pyrrole nitrogens is 2. The highest BCUT2D eigenvalue weighted by atomic mass is 32.2. The maximum absolute atomic E-state index is 12.6. The van der Waals surface area contributed by atoms with E-state index in [0.717, 1.165) is 5.39 Å². The van der Waals surface area contributed by atoms with Crippen LogP contribution in [0.2, 0.25) is 0 Å². The van der Waals surface area contributed by atoms with Gasteiger partial charge in [0.15, 0.2) is 5.78 Å². The molecule has 136 valence electrons. The summed E-state index contributed by atoms with van der Waals surface area (Å²) in [5.41, 5.74) is 1.62. The van der Waals surface area contributed by atoms with Crippen LogP contribution in [0.4, 0.5) is 5.69 Å². The Kier molecular flexibility index (Phi) is 3.85. The van der Waals surface area contributed by atoms with Gasteiger partial charge in [0.1, 0.15) is 5.52 Å². The molecular formula is C19H15N3O4S. The number of hydrogen-bond acceptors (Lipinski definition) is 4. The SMILES string of the molecule is CC(=O)c1ccc(S(=O)(=O)Nc2ccc3[nH]c(=O)c4[nH]ccc4c3c2)cc1. The third-order valence-electron chi connectivity index (χ3n) is 4.36. The molecule has 3 N–H and O–H groups in total. The van der Waals surface area contributed by atoms with Gasteiger partial charge >= 0.3 is 0 Å². The lowest BCUT2D eigenvalue weighted by atomic mass is 10.1. The number of rotatable bonds is 4. The largest absolute Gasteiger partial charge is 0.357 e. The first-order valence-electron chi connectivity index (χ1n) is 8.12. The van der Waals surface area contributed by atoms with Crippen molar-refractivity contribution in [1.82, 2.24) is 9.97 Å². The summed E-state index contributed by atoms with van der Waals surface area (Å²) in [4.78, 5) is 29.0. The third kappa shape index (κ3) is 3.00. The van der Waals surface area contributed by atoms with Gasteiger partial charge in [-0.1, -0.05) is 12.1 Å². The fourth-order valence-corrected chi connectivity index (χ4v) is 4.04. The second-order valence-electron chi connectivity index (χ2n) is 6.17. The Morgan fingerprint density at radius 2 is 1.74 bits per heavy atom. The van der Waals surface area contributed by atoms with Gasteiger partial charge in [-0.3, -0.25) is 14.3 Å². The topological polar surface area (TPSA) is 112 Å². The van der Waals surface area contributed by atoms with E-state index < -0.39 is 10.0 Å². The summed E-state index contributed by atoms with van der Waals surface area (Å²) in [6, 6.07) is 12.4. The zero-order chi connectivity index (χ0) is 19.2. The first-order chi connectivity index (χ1) is 12.8. The third-order valence-corrected chi connectivity index (χ3v) is 5.75. The number of carbonyl (C=O) groups excluding carboxylic acids is 1. The van der Waals surface area contributed by atoms with E-state index in [0.29, 0.717) is 27.7 Å². The van der Waals surface area contributed by atoms with Crippen molar-refractivity contribution >= 4 is 43.3 Å². The highest BCUT2D eigenvalue weighted by Crippen LogP contribution is 2.25. The number of hydrogen-bond donors (Lipinski definition) is 3. The number of pyridine rings is 1. The summed E-state index contributed by atoms with van der Waals surface area (Å²) in [7, 11) is -3.81. The monoisotopic (exact) mass is 381 g/mol. The minimum Gasteiger partial charge on any atom is -0.357 e. The lowest BCUT2D eigenvalue weighted by Crippen LogP contribution is -2.13. The van der Waals surface area contributed by atoms with E-state index >= 15 is 0 Å². The van der Waals surface area contributed by atoms with Gasteiger partial charge in [-0.25, -0.2) is 8.42 Å². The lowest BCUT2D eigenvalue weighted by Gasteiger charge is -2.10. The Morgan fingerprint density at radius 3 is 2.44 bits per heavy atom. The van der Waals surface area contributed by atoms with Gasteiger partial charge in [-0.05, 0) is 43.3 Å². The maximum Gasteiger partial charge on any atom is 0.272 e. The Labute approximate surface area is 154 Å². The van der Waals surface area contributed by atoms with Crippen molar-refractivity contribution < 1.29 is 13.2 Å². The molecule has 0 spiro atoms. The van der Waals surface area contributed by atoms with E-state index in [2.05, 4.69) is 14.7 Å². The molecule has 0 atom stereocenters. The van der Waals surface area contributed by atoms with Crippen LogP contribution in [-0.2, 0) is 10.0 Å². The molecule has 0 bridgehead atoms. The number of nitrogens with one attached hydrogen (secondary N) is 3. The van der Waals surface area contributed by atoms with Crippen molar-refractivity contribution in [2.45, 2.75) is 11.8 Å². The maximum atomic E-state index is 12.6. The van der Waals surface area contributed by atoms with Gasteiger partial charge in [-0.15, -0.1) is 0 Å². The molecule has 7 nitrogen and oxygen atoms in total. The molecule has 0 fully saturated rings. The van der Waals surface area contributed by atoms with Gasteiger partial charge in [-0.2, -0.15) is 0 Å². The number of aromatic amines is 2. The summed E-state index contributed by atoms with van der Waals surface area (Å²) in [5.74, 6) is -0.133. The highest BCUT2D eigenvalue weighted by molar-refractivity contribution is 7.92. The van der Waals surface area contributed by atoms with Crippen LogP contribution in [0.5, 0.6) is 0 Å². The van der Waals surface area contributed by atoms with Crippen molar-refractivity contribution in [2.24, 2.45) is 0 Å². The molecule has 0 saturated heterocycles. The molecular weight excluding hydrogens is 366 g/mol. The molecule has 8 heteroatoms. The molecule has 2 aromatic carbocycles. The summed E-state index contributed by atoms with van der Waals surface area (Å²) >= 11 is 0. The fourth-order valence-electron chi connectivity index (χ4n) is 2.99. The van der Waals surface area contributed by atoms with E-state index in [1.807, 2.05) is 0 Å². The molecule has 0 aliphatic heterocycles. The number of sulfonamides is 1. The number of Topliss-reactive ketones (excluding diaryl/α,β-unsaturated/α-hetero) is 1. The van der Waals surface area contributed by atoms with Crippen molar-refractivity contribution in [3.05, 3.63) is 70.6 Å². The first kappa shape index (κ1) is 17.0. The van der Waals surface area contributed by atoms with Crippen LogP contribution < -0.4 is 10.3 Å². The molecule has 0 aliphatic carbocycles. The average Bonchev–Trinajstić information content (AvgIpc) is 3.13. The van der Waals surface area contributed by atoms with Crippen LogP contribution in [0.25, 0.3) is 21.8 Å². The van der Waals surface area contributed by atoms with Gasteiger partial charge in [0.05, 0.1) is 4.90 Å². The number of carbonyl (C=O) groups is 1. The van der Waals surface area contributed by atoms with E-state index in [9.17, 15) is 18.0 Å². The van der Waals surface area contributed by atoms with Crippen molar-refractivity contribution in [1.29, 1.82) is 0 Å². The zero-order valence-corrected chi connectivity index (χ0v) is 15.1. The van der Waals surface area contributed by atoms with E-state index in [1.54, 1.807) is 30.5 Å². The predicted octanol–water partition coefficient (Wildman–Crippen LogP) is 3.01. The van der Waals surface area contributed by atoms with Crippen molar-refractivity contribution in [3.8, 4) is 0 Å². The minimum atomic E-state index is -3.81. The zero-order valence-electron chi connectivity index (χ0n) is 14.2. The molecule has 0 amide bonds. The lowest BCUT2D eigenvalue weighted by molar-refractivity contribution is 0.101. The van der Waals surface area contributed by atoms with Crippen LogP contribution in [0.3, 0.4) is 0 Å². The average molecular weight is 381 g/mol. The molecule has 0 radical (unpaired) electrons. The Hall–Kier alpha value is -3.39. The molecule has 0 unspecified atom stereocenters. The van der Waals surface area contributed by atoms with Crippen molar-refractivity contribution in [3.63, 3.8) is 0 Å². The molecule has 2 heterocycles. The van der Waals surface area contributed by atoms with Gasteiger partial charge in [0, 0.05) is 33.7 Å². The molecule has 2 aromatic heterocycles. The number of fused-ring (bicyclic) bond motifs is 3. The number of aromatic nitrogens is 2. The smallest absolute Gasteiger partial charge is 0.272 e.